The summed E-state index contributed by atoms with van der Waals surface area (Å²) >= 11 is 0. The number of nitrogens with one attached hydrogen (secondary N) is 1. The van der Waals surface area contributed by atoms with E-state index in [-0.39, 0.29) is 11.9 Å². The Morgan fingerprint density at radius 1 is 1.22 bits per heavy atom. The number of rotatable bonds is 4. The summed E-state index contributed by atoms with van der Waals surface area (Å²) in [6.45, 7) is 5.39. The summed E-state index contributed by atoms with van der Waals surface area (Å²) < 4.78 is 13.7. The molecule has 100 valence electrons. The molecule has 2 rings (SSSR count). The van der Waals surface area contributed by atoms with Crippen molar-refractivity contribution in [1.82, 2.24) is 5.32 Å². The van der Waals surface area contributed by atoms with E-state index in [4.69, 9.17) is 0 Å². The fraction of sp³-hybridized carbons (Fsp3) is 0.625. The minimum atomic E-state index is -0.105. The maximum absolute atomic E-state index is 13.7. The fourth-order valence-corrected chi connectivity index (χ4v) is 2.92. The lowest BCUT2D eigenvalue weighted by Crippen LogP contribution is -2.35. The van der Waals surface area contributed by atoms with Crippen LogP contribution in [0.5, 0.6) is 0 Å². The minimum Gasteiger partial charge on any atom is -0.310 e. The Morgan fingerprint density at radius 3 is 2.56 bits per heavy atom. The van der Waals surface area contributed by atoms with Crippen molar-refractivity contribution in [3.63, 3.8) is 0 Å². The maximum atomic E-state index is 13.7. The molecule has 2 heteroatoms. The Morgan fingerprint density at radius 2 is 1.89 bits per heavy atom. The fourth-order valence-electron chi connectivity index (χ4n) is 2.92. The Balaban J connectivity index is 1.92. The van der Waals surface area contributed by atoms with Gasteiger partial charge in [0, 0.05) is 18.2 Å². The van der Waals surface area contributed by atoms with Crippen LogP contribution in [0.3, 0.4) is 0 Å². The molecule has 0 spiro atoms. The Kier molecular flexibility index (Phi) is 4.39. The summed E-state index contributed by atoms with van der Waals surface area (Å²) in [5.74, 6) is -0.105. The van der Waals surface area contributed by atoms with Crippen molar-refractivity contribution in [3.8, 4) is 0 Å². The number of hydrogen-bond acceptors (Lipinski definition) is 1. The molecule has 1 aromatic rings. The van der Waals surface area contributed by atoms with E-state index >= 15 is 0 Å². The molecule has 1 aliphatic carbocycles. The van der Waals surface area contributed by atoms with Gasteiger partial charge in [-0.2, -0.15) is 0 Å². The predicted molar refractivity (Wildman–Crippen MR) is 74.0 cm³/mol. The molecule has 0 bridgehead atoms. The van der Waals surface area contributed by atoms with Crippen LogP contribution in [0.15, 0.2) is 24.3 Å². The molecular formula is C16H24FN. The van der Waals surface area contributed by atoms with Crippen molar-refractivity contribution in [1.29, 1.82) is 0 Å². The van der Waals surface area contributed by atoms with Gasteiger partial charge in [0.1, 0.15) is 5.82 Å². The average molecular weight is 249 g/mol. The van der Waals surface area contributed by atoms with Crippen molar-refractivity contribution in [2.24, 2.45) is 5.41 Å². The zero-order chi connectivity index (χ0) is 13.0. The van der Waals surface area contributed by atoms with E-state index in [2.05, 4.69) is 12.2 Å². The van der Waals surface area contributed by atoms with Gasteiger partial charge in [-0.05, 0) is 31.2 Å². The first-order chi connectivity index (χ1) is 8.61. The minimum absolute atomic E-state index is 0.0879. The van der Waals surface area contributed by atoms with Crippen LogP contribution >= 0.6 is 0 Å². The van der Waals surface area contributed by atoms with E-state index in [1.165, 1.54) is 38.2 Å². The highest BCUT2D eigenvalue weighted by Gasteiger charge is 2.27. The number of benzene rings is 1. The molecule has 1 N–H and O–H groups in total. The van der Waals surface area contributed by atoms with Crippen LogP contribution in [0.1, 0.15) is 57.6 Å². The number of hydrogen-bond donors (Lipinski definition) is 1. The highest BCUT2D eigenvalue weighted by Crippen LogP contribution is 2.35. The van der Waals surface area contributed by atoms with Crippen LogP contribution < -0.4 is 5.32 Å². The van der Waals surface area contributed by atoms with E-state index in [0.717, 1.165) is 12.1 Å². The van der Waals surface area contributed by atoms with Crippen LogP contribution in [-0.2, 0) is 0 Å². The Labute approximate surface area is 110 Å². The van der Waals surface area contributed by atoms with Crippen molar-refractivity contribution >= 4 is 0 Å². The second-order valence-corrected chi connectivity index (χ2v) is 6.00. The standard InChI is InChI=1S/C16H24FN/c1-13(14-8-4-5-9-15(14)17)18-12-16(2)10-6-3-7-11-16/h4-5,8-9,13,18H,3,6-7,10-12H2,1-2H3. The highest BCUT2D eigenvalue weighted by molar-refractivity contribution is 5.20. The predicted octanol–water partition coefficient (Wildman–Crippen LogP) is 4.45. The quantitative estimate of drug-likeness (QED) is 0.831. The molecule has 0 heterocycles. The smallest absolute Gasteiger partial charge is 0.127 e. The molecular weight excluding hydrogens is 225 g/mol. The molecule has 0 amide bonds. The molecule has 1 atom stereocenters. The summed E-state index contributed by atoms with van der Waals surface area (Å²) in [5.41, 5.74) is 1.18. The van der Waals surface area contributed by atoms with Crippen molar-refractivity contribution < 1.29 is 4.39 Å². The van der Waals surface area contributed by atoms with Gasteiger partial charge in [0.2, 0.25) is 0 Å². The topological polar surface area (TPSA) is 12.0 Å². The highest BCUT2D eigenvalue weighted by atomic mass is 19.1. The van der Waals surface area contributed by atoms with Gasteiger partial charge < -0.3 is 5.32 Å². The normalized spacial score (nSPS) is 20.6. The van der Waals surface area contributed by atoms with Crippen molar-refractivity contribution in [2.75, 3.05) is 6.54 Å². The van der Waals surface area contributed by atoms with E-state index in [0.29, 0.717) is 5.41 Å². The molecule has 1 aromatic carbocycles. The van der Waals surface area contributed by atoms with E-state index in [1.54, 1.807) is 6.07 Å². The second kappa shape index (κ2) is 5.83. The summed E-state index contributed by atoms with van der Waals surface area (Å²) in [5, 5.41) is 3.51. The van der Waals surface area contributed by atoms with Crippen molar-refractivity contribution in [2.45, 2.75) is 52.0 Å². The molecule has 0 radical (unpaired) electrons. The molecule has 1 nitrogen and oxygen atoms in total. The second-order valence-electron chi connectivity index (χ2n) is 6.00. The lowest BCUT2D eigenvalue weighted by molar-refractivity contribution is 0.201. The van der Waals surface area contributed by atoms with Gasteiger partial charge in [-0.1, -0.05) is 44.4 Å². The van der Waals surface area contributed by atoms with Gasteiger partial charge in [0.15, 0.2) is 0 Å². The van der Waals surface area contributed by atoms with E-state index in [1.807, 2.05) is 19.1 Å². The summed E-state index contributed by atoms with van der Waals surface area (Å²) in [6, 6.07) is 7.14. The monoisotopic (exact) mass is 249 g/mol. The average Bonchev–Trinajstić information content (AvgIpc) is 2.38. The zero-order valence-corrected chi connectivity index (χ0v) is 11.5. The molecule has 0 aliphatic heterocycles. The van der Waals surface area contributed by atoms with E-state index in [9.17, 15) is 4.39 Å². The maximum Gasteiger partial charge on any atom is 0.127 e. The summed E-state index contributed by atoms with van der Waals surface area (Å²) in [7, 11) is 0. The molecule has 1 fully saturated rings. The number of halogens is 1. The lowest BCUT2D eigenvalue weighted by atomic mass is 9.75. The van der Waals surface area contributed by atoms with Crippen LogP contribution in [-0.4, -0.2) is 6.54 Å². The third-order valence-corrected chi connectivity index (χ3v) is 4.27. The Bertz CT molecular complexity index is 382. The first-order valence-electron chi connectivity index (χ1n) is 7.09. The molecule has 1 saturated carbocycles. The molecule has 1 aliphatic rings. The largest absolute Gasteiger partial charge is 0.310 e. The first-order valence-corrected chi connectivity index (χ1v) is 7.09. The summed E-state index contributed by atoms with van der Waals surface area (Å²) in [4.78, 5) is 0. The lowest BCUT2D eigenvalue weighted by Gasteiger charge is -2.35. The third kappa shape index (κ3) is 3.32. The first kappa shape index (κ1) is 13.5. The van der Waals surface area contributed by atoms with Crippen LogP contribution in [0.2, 0.25) is 0 Å². The van der Waals surface area contributed by atoms with Gasteiger partial charge >= 0.3 is 0 Å². The molecule has 1 unspecified atom stereocenters. The van der Waals surface area contributed by atoms with Gasteiger partial charge in [-0.15, -0.1) is 0 Å². The van der Waals surface area contributed by atoms with Crippen LogP contribution in [0.4, 0.5) is 4.39 Å². The van der Waals surface area contributed by atoms with Crippen LogP contribution in [0.25, 0.3) is 0 Å². The van der Waals surface area contributed by atoms with E-state index < -0.39 is 0 Å². The molecule has 0 aromatic heterocycles. The molecule has 0 saturated heterocycles. The Hall–Kier alpha value is -0.890. The van der Waals surface area contributed by atoms with Crippen LogP contribution in [0, 0.1) is 11.2 Å². The summed E-state index contributed by atoms with van der Waals surface area (Å²) in [6.07, 6.45) is 6.64. The third-order valence-electron chi connectivity index (χ3n) is 4.27. The van der Waals surface area contributed by atoms with Gasteiger partial charge in [-0.25, -0.2) is 4.39 Å². The van der Waals surface area contributed by atoms with Crippen molar-refractivity contribution in [3.05, 3.63) is 35.6 Å². The zero-order valence-electron chi connectivity index (χ0n) is 11.5. The van der Waals surface area contributed by atoms with Gasteiger partial charge in [0.05, 0.1) is 0 Å². The molecule has 18 heavy (non-hydrogen) atoms. The SMILES string of the molecule is CC(NCC1(C)CCCCC1)c1ccccc1F. The van der Waals surface area contributed by atoms with Gasteiger partial charge in [-0.3, -0.25) is 0 Å². The van der Waals surface area contributed by atoms with Gasteiger partial charge in [0.25, 0.3) is 0 Å².